The number of rotatable bonds is 7. The molecule has 174 valence electrons. The quantitative estimate of drug-likeness (QED) is 0.417. The van der Waals surface area contributed by atoms with Gasteiger partial charge in [0.1, 0.15) is 17.0 Å². The Morgan fingerprint density at radius 2 is 1.94 bits per heavy atom. The first-order valence-corrected chi connectivity index (χ1v) is 11.0. The van der Waals surface area contributed by atoms with E-state index in [1.165, 1.54) is 0 Å². The predicted octanol–water partition coefficient (Wildman–Crippen LogP) is 3.14. The molecule has 1 aliphatic rings. The smallest absolute Gasteiger partial charge is 0.407 e. The second kappa shape index (κ2) is 8.82. The van der Waals surface area contributed by atoms with Crippen LogP contribution in [0.1, 0.15) is 36.7 Å². The normalized spacial score (nSPS) is 12.7. The molecular formula is C24H30N6O3. The molecule has 2 aromatic heterocycles. The molecule has 9 heteroatoms. The lowest BCUT2D eigenvalue weighted by Gasteiger charge is -2.20. The highest BCUT2D eigenvalue weighted by molar-refractivity contribution is 6.27. The van der Waals surface area contributed by atoms with Gasteiger partial charge in [-0.05, 0) is 59.1 Å². The fourth-order valence-electron chi connectivity index (χ4n) is 3.87. The number of hydrogen-bond acceptors (Lipinski definition) is 7. The number of hydrogen-bond donors (Lipinski definition) is 2. The van der Waals surface area contributed by atoms with E-state index in [-0.39, 0.29) is 5.78 Å². The Labute approximate surface area is 193 Å². The Hall–Kier alpha value is -3.46. The lowest BCUT2D eigenvalue weighted by atomic mass is 9.89. The van der Waals surface area contributed by atoms with Crippen LogP contribution in [0.4, 0.5) is 10.5 Å². The minimum absolute atomic E-state index is 0.0778. The summed E-state index contributed by atoms with van der Waals surface area (Å²) in [4.78, 5) is 31.9. The number of carbonyl (C=O) groups is 2. The van der Waals surface area contributed by atoms with Gasteiger partial charge < -0.3 is 20.3 Å². The lowest BCUT2D eigenvalue weighted by Crippen LogP contribution is -2.35. The molecule has 0 spiro atoms. The van der Waals surface area contributed by atoms with Crippen LogP contribution in [0.15, 0.2) is 30.5 Å². The summed E-state index contributed by atoms with van der Waals surface area (Å²) >= 11 is 0. The number of anilines is 1. The van der Waals surface area contributed by atoms with Crippen LogP contribution in [0.2, 0.25) is 0 Å². The van der Waals surface area contributed by atoms with E-state index in [1.807, 2.05) is 51.7 Å². The molecule has 33 heavy (non-hydrogen) atoms. The Kier molecular flexibility index (Phi) is 6.07. The number of likely N-dealkylation sites (N-methyl/N-ethyl adjacent to an activating group) is 1. The molecule has 1 amide bonds. The molecule has 0 aliphatic heterocycles. The largest absolute Gasteiger partial charge is 0.444 e. The van der Waals surface area contributed by atoms with Crippen LogP contribution in [0.5, 0.6) is 0 Å². The van der Waals surface area contributed by atoms with Gasteiger partial charge in [0.2, 0.25) is 0 Å². The lowest BCUT2D eigenvalue weighted by molar-refractivity contribution is 0.0530. The third-order valence-corrected chi connectivity index (χ3v) is 5.29. The molecule has 0 saturated heterocycles. The number of nitrogens with one attached hydrogen (secondary N) is 2. The van der Waals surface area contributed by atoms with Crippen LogP contribution < -0.4 is 10.6 Å². The van der Waals surface area contributed by atoms with Crippen LogP contribution in [0, 0.1) is 0 Å². The third-order valence-electron chi connectivity index (χ3n) is 5.29. The maximum Gasteiger partial charge on any atom is 0.407 e. The molecule has 0 fully saturated rings. The first kappa shape index (κ1) is 22.7. The molecule has 4 rings (SSSR count). The fraction of sp³-hybridized carbons (Fsp3) is 0.417. The van der Waals surface area contributed by atoms with Crippen molar-refractivity contribution in [3.63, 3.8) is 0 Å². The highest BCUT2D eigenvalue weighted by Gasteiger charge is 2.31. The number of amides is 1. The van der Waals surface area contributed by atoms with Crippen molar-refractivity contribution in [2.24, 2.45) is 0 Å². The summed E-state index contributed by atoms with van der Waals surface area (Å²) in [6.45, 7) is 7.78. The second-order valence-electron chi connectivity index (χ2n) is 9.34. The molecule has 1 aromatic carbocycles. The number of alkyl carbamates (subject to hydrolysis) is 1. The average Bonchev–Trinajstić information content (AvgIpc) is 3.12. The van der Waals surface area contributed by atoms with Gasteiger partial charge in [0.15, 0.2) is 5.78 Å². The summed E-state index contributed by atoms with van der Waals surface area (Å²) < 4.78 is 7.21. The van der Waals surface area contributed by atoms with Crippen LogP contribution in [0.25, 0.3) is 22.3 Å². The number of ketones is 1. The standard InChI is InChI=1S/C24H30N6O3/c1-24(2,3)33-23(32)27-12-11-25-16-8-9-17-19-18(16)22(31)15-7-6-10-26-20(15)21(19)28-30(17)14-13-29(4)5/h6-10,25H,11-14H2,1-5H3,(H,27,32). The zero-order valence-corrected chi connectivity index (χ0v) is 19.7. The first-order chi connectivity index (χ1) is 15.7. The highest BCUT2D eigenvalue weighted by Crippen LogP contribution is 2.40. The summed E-state index contributed by atoms with van der Waals surface area (Å²) in [5.41, 5.74) is 3.55. The fourth-order valence-corrected chi connectivity index (χ4v) is 3.87. The number of nitrogens with zero attached hydrogens (tertiary/aromatic N) is 4. The van der Waals surface area contributed by atoms with Crippen molar-refractivity contribution < 1.29 is 14.3 Å². The topological polar surface area (TPSA) is 101 Å². The van der Waals surface area contributed by atoms with Gasteiger partial charge in [-0.15, -0.1) is 0 Å². The van der Waals surface area contributed by atoms with Gasteiger partial charge in [-0.3, -0.25) is 14.5 Å². The van der Waals surface area contributed by atoms with E-state index in [1.54, 1.807) is 18.3 Å². The summed E-state index contributed by atoms with van der Waals surface area (Å²) in [7, 11) is 4.04. The number of fused-ring (bicyclic) bond motifs is 2. The first-order valence-electron chi connectivity index (χ1n) is 11.0. The van der Waals surface area contributed by atoms with Gasteiger partial charge in [0.05, 0.1) is 23.2 Å². The monoisotopic (exact) mass is 450 g/mol. The van der Waals surface area contributed by atoms with Crippen LogP contribution in [0.3, 0.4) is 0 Å². The molecule has 1 aliphatic carbocycles. The SMILES string of the molecule is CN(C)CCn1nc2c3c(c(NCCNC(=O)OC(C)(C)C)ccc31)C(=O)c1cccnc1-2. The van der Waals surface area contributed by atoms with Crippen molar-refractivity contribution in [3.8, 4) is 11.4 Å². The number of benzene rings is 1. The zero-order chi connectivity index (χ0) is 23.8. The highest BCUT2D eigenvalue weighted by atomic mass is 16.6. The van der Waals surface area contributed by atoms with Gasteiger partial charge >= 0.3 is 6.09 Å². The molecule has 0 atom stereocenters. The number of ether oxygens (including phenoxy) is 1. The van der Waals surface area contributed by atoms with Crippen LogP contribution in [-0.4, -0.2) is 70.9 Å². The molecule has 3 aromatic rings. The van der Waals surface area contributed by atoms with E-state index in [0.717, 1.165) is 23.1 Å². The van der Waals surface area contributed by atoms with Crippen molar-refractivity contribution in [2.45, 2.75) is 32.9 Å². The Bertz CT molecular complexity index is 1210. The Balaban J connectivity index is 1.63. The molecule has 2 heterocycles. The minimum atomic E-state index is -0.552. The minimum Gasteiger partial charge on any atom is -0.444 e. The van der Waals surface area contributed by atoms with Gasteiger partial charge in [-0.25, -0.2) is 4.79 Å². The zero-order valence-electron chi connectivity index (χ0n) is 19.7. The van der Waals surface area contributed by atoms with E-state index < -0.39 is 11.7 Å². The predicted molar refractivity (Wildman–Crippen MR) is 128 cm³/mol. The summed E-state index contributed by atoms with van der Waals surface area (Å²) in [6.07, 6.45) is 1.22. The summed E-state index contributed by atoms with van der Waals surface area (Å²) in [6, 6.07) is 7.44. The van der Waals surface area contributed by atoms with Crippen LogP contribution in [-0.2, 0) is 11.3 Å². The Morgan fingerprint density at radius 3 is 2.67 bits per heavy atom. The molecule has 0 unspecified atom stereocenters. The van der Waals surface area contributed by atoms with Crippen molar-refractivity contribution in [1.29, 1.82) is 0 Å². The average molecular weight is 451 g/mol. The van der Waals surface area contributed by atoms with Crippen molar-refractivity contribution >= 4 is 28.5 Å². The molecule has 0 saturated carbocycles. The van der Waals surface area contributed by atoms with E-state index in [4.69, 9.17) is 9.84 Å². The molecule has 9 nitrogen and oxygen atoms in total. The van der Waals surface area contributed by atoms with Gasteiger partial charge in [-0.2, -0.15) is 5.10 Å². The van der Waals surface area contributed by atoms with Crippen molar-refractivity contribution in [2.75, 3.05) is 39.0 Å². The van der Waals surface area contributed by atoms with Gasteiger partial charge in [0.25, 0.3) is 0 Å². The third kappa shape index (κ3) is 4.68. The van der Waals surface area contributed by atoms with Gasteiger partial charge in [0, 0.05) is 36.9 Å². The van der Waals surface area contributed by atoms with E-state index in [0.29, 0.717) is 42.1 Å². The van der Waals surface area contributed by atoms with Crippen molar-refractivity contribution in [1.82, 2.24) is 25.0 Å². The maximum atomic E-state index is 13.5. The molecular weight excluding hydrogens is 420 g/mol. The van der Waals surface area contributed by atoms with E-state index in [9.17, 15) is 9.59 Å². The van der Waals surface area contributed by atoms with Crippen molar-refractivity contribution in [3.05, 3.63) is 41.6 Å². The second-order valence-corrected chi connectivity index (χ2v) is 9.34. The maximum absolute atomic E-state index is 13.5. The molecule has 0 radical (unpaired) electrons. The van der Waals surface area contributed by atoms with E-state index >= 15 is 0 Å². The molecule has 0 bridgehead atoms. The summed E-state index contributed by atoms with van der Waals surface area (Å²) in [5, 5.41) is 11.7. The van der Waals surface area contributed by atoms with E-state index in [2.05, 4.69) is 20.5 Å². The molecule has 2 N–H and O–H groups in total. The number of carbonyl (C=O) groups excluding carboxylic acids is 2. The summed E-state index contributed by atoms with van der Waals surface area (Å²) in [5.74, 6) is -0.0778. The number of pyridine rings is 1. The van der Waals surface area contributed by atoms with Gasteiger partial charge in [-0.1, -0.05) is 0 Å². The number of aromatic nitrogens is 3. The Morgan fingerprint density at radius 1 is 1.15 bits per heavy atom. The van der Waals surface area contributed by atoms with Crippen LogP contribution >= 0.6 is 0 Å².